The van der Waals surface area contributed by atoms with Crippen molar-refractivity contribution in [2.24, 2.45) is 11.8 Å². The third kappa shape index (κ3) is 2.08. The molecule has 1 aromatic heterocycles. The Morgan fingerprint density at radius 3 is 2.85 bits per heavy atom. The van der Waals surface area contributed by atoms with E-state index in [0.29, 0.717) is 6.04 Å². The number of carbonyl (C=O) groups is 1. The molecule has 27 heavy (non-hydrogen) atoms. The molecule has 1 aromatic carbocycles. The van der Waals surface area contributed by atoms with Crippen molar-refractivity contribution in [3.63, 3.8) is 0 Å². The second-order valence-electron chi connectivity index (χ2n) is 8.61. The molecule has 2 heterocycles. The summed E-state index contributed by atoms with van der Waals surface area (Å²) in [4.78, 5) is 23.7. The van der Waals surface area contributed by atoms with Gasteiger partial charge in [0, 0.05) is 35.3 Å². The molecule has 2 unspecified atom stereocenters. The van der Waals surface area contributed by atoms with Crippen LogP contribution in [0.5, 0.6) is 0 Å². The highest BCUT2D eigenvalue weighted by molar-refractivity contribution is 5.80. The second-order valence-corrected chi connectivity index (χ2v) is 8.61. The number of fused-ring (bicyclic) bond motifs is 4. The molecule has 0 spiro atoms. The van der Waals surface area contributed by atoms with Gasteiger partial charge in [0.05, 0.1) is 11.6 Å². The fraction of sp³-hybridized carbons (Fsp3) is 0.500. The van der Waals surface area contributed by atoms with Crippen LogP contribution < -0.4 is 4.90 Å². The predicted octanol–water partition coefficient (Wildman–Crippen LogP) is 3.20. The van der Waals surface area contributed by atoms with E-state index in [1.807, 2.05) is 0 Å². The standard InChI is InChI=1S/C22H23N3O2/c1-11-8-9-25(11)22-23-17-7-3-6-14(17)20(24-22)13-5-2-4-12-15(13)10-16-18(12)19(16)21(26)27/h2,4-5,11,16,18-19H,3,6-10H2,1H3,(H,26,27)/t11-,16?,18?,19+/m0/s1. The summed E-state index contributed by atoms with van der Waals surface area (Å²) in [7, 11) is 0. The summed E-state index contributed by atoms with van der Waals surface area (Å²) in [6.45, 7) is 3.27. The zero-order valence-electron chi connectivity index (χ0n) is 15.5. The minimum atomic E-state index is -0.641. The van der Waals surface area contributed by atoms with Crippen LogP contribution in [0.25, 0.3) is 11.3 Å². The molecule has 5 heteroatoms. The van der Waals surface area contributed by atoms with Gasteiger partial charge >= 0.3 is 5.97 Å². The smallest absolute Gasteiger partial charge is 0.307 e. The summed E-state index contributed by atoms with van der Waals surface area (Å²) in [5.41, 5.74) is 7.44. The molecular formula is C22H23N3O2. The van der Waals surface area contributed by atoms with E-state index in [1.165, 1.54) is 34.4 Å². The number of benzene rings is 1. The van der Waals surface area contributed by atoms with E-state index in [2.05, 4.69) is 30.0 Å². The van der Waals surface area contributed by atoms with Gasteiger partial charge in [-0.25, -0.2) is 9.97 Å². The number of aliphatic carboxylic acids is 1. The number of hydrogen-bond donors (Lipinski definition) is 1. The lowest BCUT2D eigenvalue weighted by Gasteiger charge is -2.39. The summed E-state index contributed by atoms with van der Waals surface area (Å²) in [6, 6.07) is 6.92. The van der Waals surface area contributed by atoms with Crippen LogP contribution in [-0.4, -0.2) is 33.6 Å². The van der Waals surface area contributed by atoms with E-state index >= 15 is 0 Å². The number of aryl methyl sites for hydroxylation is 1. The summed E-state index contributed by atoms with van der Waals surface area (Å²) in [5.74, 6) is 0.554. The maximum absolute atomic E-state index is 11.5. The highest BCUT2D eigenvalue weighted by Crippen LogP contribution is 2.62. The molecule has 1 saturated carbocycles. The van der Waals surface area contributed by atoms with E-state index in [9.17, 15) is 9.90 Å². The Morgan fingerprint density at radius 1 is 1.22 bits per heavy atom. The van der Waals surface area contributed by atoms with Crippen LogP contribution in [0.15, 0.2) is 18.2 Å². The summed E-state index contributed by atoms with van der Waals surface area (Å²) < 4.78 is 0. The molecule has 2 fully saturated rings. The normalized spacial score (nSPS) is 29.7. The Morgan fingerprint density at radius 2 is 2.11 bits per heavy atom. The Labute approximate surface area is 158 Å². The van der Waals surface area contributed by atoms with Crippen LogP contribution in [0, 0.1) is 11.8 Å². The molecule has 1 aliphatic heterocycles. The Kier molecular flexibility index (Phi) is 3.07. The number of rotatable bonds is 3. The average Bonchev–Trinajstić information content (AvgIpc) is 2.98. The lowest BCUT2D eigenvalue weighted by Crippen LogP contribution is -2.46. The van der Waals surface area contributed by atoms with Crippen molar-refractivity contribution in [2.75, 3.05) is 11.4 Å². The van der Waals surface area contributed by atoms with Crippen molar-refractivity contribution in [2.45, 2.75) is 51.0 Å². The lowest BCUT2D eigenvalue weighted by molar-refractivity contribution is -0.139. The highest BCUT2D eigenvalue weighted by Gasteiger charge is 2.60. The summed E-state index contributed by atoms with van der Waals surface area (Å²) >= 11 is 0. The summed E-state index contributed by atoms with van der Waals surface area (Å²) in [5, 5.41) is 9.43. The summed E-state index contributed by atoms with van der Waals surface area (Å²) in [6.07, 6.45) is 5.32. The van der Waals surface area contributed by atoms with Crippen molar-refractivity contribution in [3.8, 4) is 11.3 Å². The SMILES string of the molecule is C[C@H]1CCN1c1nc2c(c(-c3cccc4c3CC3C4[C@@H]3C(=O)O)n1)CCC2. The molecule has 2 aromatic rings. The number of aromatic nitrogens is 2. The van der Waals surface area contributed by atoms with Gasteiger partial charge in [-0.15, -0.1) is 0 Å². The molecule has 3 aliphatic carbocycles. The minimum absolute atomic E-state index is 0.179. The Bertz CT molecular complexity index is 986. The van der Waals surface area contributed by atoms with Crippen LogP contribution in [0.3, 0.4) is 0 Å². The van der Waals surface area contributed by atoms with E-state index in [-0.39, 0.29) is 17.8 Å². The van der Waals surface area contributed by atoms with Gasteiger partial charge in [-0.1, -0.05) is 18.2 Å². The van der Waals surface area contributed by atoms with Gasteiger partial charge in [-0.2, -0.15) is 0 Å². The topological polar surface area (TPSA) is 66.3 Å². The van der Waals surface area contributed by atoms with Crippen molar-refractivity contribution < 1.29 is 9.90 Å². The van der Waals surface area contributed by atoms with Crippen LogP contribution in [0.4, 0.5) is 5.95 Å². The van der Waals surface area contributed by atoms with Gasteiger partial charge in [0.25, 0.3) is 0 Å². The van der Waals surface area contributed by atoms with E-state index in [0.717, 1.165) is 43.9 Å². The molecule has 0 radical (unpaired) electrons. The number of carboxylic acid groups (broad SMARTS) is 1. The van der Waals surface area contributed by atoms with E-state index in [1.54, 1.807) is 0 Å². The first kappa shape index (κ1) is 15.6. The number of anilines is 1. The third-order valence-corrected chi connectivity index (χ3v) is 7.22. The zero-order chi connectivity index (χ0) is 18.3. The molecule has 6 rings (SSSR count). The van der Waals surface area contributed by atoms with Crippen molar-refractivity contribution in [3.05, 3.63) is 40.6 Å². The van der Waals surface area contributed by atoms with Crippen molar-refractivity contribution in [1.29, 1.82) is 0 Å². The van der Waals surface area contributed by atoms with Crippen molar-refractivity contribution >= 4 is 11.9 Å². The number of nitrogens with zero attached hydrogens (tertiary/aromatic N) is 3. The number of carboxylic acids is 1. The van der Waals surface area contributed by atoms with E-state index in [4.69, 9.17) is 9.97 Å². The van der Waals surface area contributed by atoms with Gasteiger partial charge in [0.15, 0.2) is 0 Å². The first-order valence-corrected chi connectivity index (χ1v) is 10.1. The van der Waals surface area contributed by atoms with Gasteiger partial charge in [0.1, 0.15) is 0 Å². The highest BCUT2D eigenvalue weighted by atomic mass is 16.4. The molecule has 5 nitrogen and oxygen atoms in total. The molecule has 4 atom stereocenters. The van der Waals surface area contributed by atoms with Gasteiger partial charge < -0.3 is 10.0 Å². The van der Waals surface area contributed by atoms with Crippen LogP contribution in [0.1, 0.15) is 48.1 Å². The maximum Gasteiger partial charge on any atom is 0.307 e. The zero-order valence-corrected chi connectivity index (χ0v) is 15.5. The largest absolute Gasteiger partial charge is 0.481 e. The predicted molar refractivity (Wildman–Crippen MR) is 102 cm³/mol. The molecular weight excluding hydrogens is 338 g/mol. The van der Waals surface area contributed by atoms with Crippen LogP contribution in [0.2, 0.25) is 0 Å². The lowest BCUT2D eigenvalue weighted by atomic mass is 9.93. The molecule has 0 amide bonds. The quantitative estimate of drug-likeness (QED) is 0.909. The van der Waals surface area contributed by atoms with Crippen LogP contribution >= 0.6 is 0 Å². The Hall–Kier alpha value is -2.43. The fourth-order valence-electron chi connectivity index (χ4n) is 5.58. The molecule has 0 bridgehead atoms. The molecule has 1 saturated heterocycles. The fourth-order valence-corrected chi connectivity index (χ4v) is 5.58. The maximum atomic E-state index is 11.5. The van der Waals surface area contributed by atoms with E-state index < -0.39 is 5.97 Å². The average molecular weight is 361 g/mol. The molecule has 138 valence electrons. The van der Waals surface area contributed by atoms with Gasteiger partial charge in [-0.3, -0.25) is 4.79 Å². The minimum Gasteiger partial charge on any atom is -0.481 e. The monoisotopic (exact) mass is 361 g/mol. The first-order valence-electron chi connectivity index (χ1n) is 10.1. The second kappa shape index (κ2) is 5.31. The van der Waals surface area contributed by atoms with Gasteiger partial charge in [-0.05, 0) is 56.1 Å². The Balaban J connectivity index is 1.47. The van der Waals surface area contributed by atoms with Crippen LogP contribution in [-0.2, 0) is 24.1 Å². The third-order valence-electron chi connectivity index (χ3n) is 7.22. The molecule has 1 N–H and O–H groups in total. The first-order chi connectivity index (χ1) is 13.1. The number of hydrogen-bond acceptors (Lipinski definition) is 4. The van der Waals surface area contributed by atoms with Crippen molar-refractivity contribution in [1.82, 2.24) is 9.97 Å². The molecule has 4 aliphatic rings. The van der Waals surface area contributed by atoms with Gasteiger partial charge in [0.2, 0.25) is 5.95 Å².